The predicted octanol–water partition coefficient (Wildman–Crippen LogP) is 0.156. The number of rotatable bonds is 8. The number of ether oxygens (including phenoxy) is 5. The molecule has 38 heavy (non-hydrogen) atoms. The molecule has 0 spiro atoms. The highest BCUT2D eigenvalue weighted by molar-refractivity contribution is 5.69. The summed E-state index contributed by atoms with van der Waals surface area (Å²) in [5.74, 6) is -2.27. The van der Waals surface area contributed by atoms with Crippen molar-refractivity contribution in [2.45, 2.75) is 58.0 Å². The Balaban J connectivity index is 2.01. The molecule has 2 aromatic rings. The number of hydrogen-bond donors (Lipinski definition) is 2. The highest BCUT2D eigenvalue weighted by Gasteiger charge is 2.52. The summed E-state index contributed by atoms with van der Waals surface area (Å²) in [7, 11) is 0. The molecule has 204 valence electrons. The lowest BCUT2D eigenvalue weighted by Crippen LogP contribution is -2.65. The van der Waals surface area contributed by atoms with Crippen LogP contribution in [-0.2, 0) is 44.7 Å². The zero-order valence-corrected chi connectivity index (χ0v) is 20.8. The van der Waals surface area contributed by atoms with Crippen LogP contribution in [0.3, 0.4) is 0 Å². The summed E-state index contributed by atoms with van der Waals surface area (Å²) in [6, 6.07) is 8.44. The van der Waals surface area contributed by atoms with E-state index in [-0.39, 0.29) is 6.61 Å². The van der Waals surface area contributed by atoms with Crippen molar-refractivity contribution in [3.8, 4) is 0 Å². The van der Waals surface area contributed by atoms with Crippen LogP contribution in [0.1, 0.15) is 32.6 Å². The zero-order chi connectivity index (χ0) is 27.8. The minimum Gasteiger partial charge on any atom is -0.463 e. The number of H-pyrrole nitrogens is 1. The highest BCUT2D eigenvalue weighted by atomic mass is 16.6. The molecule has 1 saturated heterocycles. The number of esters is 3. The first-order chi connectivity index (χ1) is 18.0. The molecule has 1 fully saturated rings. The van der Waals surface area contributed by atoms with Gasteiger partial charge in [0.2, 0.25) is 0 Å². The van der Waals surface area contributed by atoms with Crippen molar-refractivity contribution in [3.63, 3.8) is 0 Å². The highest BCUT2D eigenvalue weighted by Crippen LogP contribution is 2.32. The first-order valence-corrected chi connectivity index (χ1v) is 11.5. The number of carbonyl (C=O) groups is 4. The Labute approximate surface area is 215 Å². The zero-order valence-electron chi connectivity index (χ0n) is 20.8. The Morgan fingerprint density at radius 3 is 2.18 bits per heavy atom. The van der Waals surface area contributed by atoms with Gasteiger partial charge in [0, 0.05) is 33.0 Å². The third kappa shape index (κ3) is 7.52. The molecule has 1 amide bonds. The third-order valence-corrected chi connectivity index (χ3v) is 5.34. The van der Waals surface area contributed by atoms with Crippen LogP contribution >= 0.6 is 0 Å². The van der Waals surface area contributed by atoms with Gasteiger partial charge >= 0.3 is 29.7 Å². The Morgan fingerprint density at radius 1 is 0.921 bits per heavy atom. The topological polar surface area (TPSA) is 181 Å². The van der Waals surface area contributed by atoms with E-state index in [4.69, 9.17) is 23.7 Å². The minimum atomic E-state index is -1.43. The fourth-order valence-electron chi connectivity index (χ4n) is 3.84. The van der Waals surface area contributed by atoms with E-state index in [0.717, 1.165) is 37.6 Å². The number of carbonyl (C=O) groups excluding carboxylic acids is 4. The molecule has 0 aliphatic carbocycles. The van der Waals surface area contributed by atoms with Crippen molar-refractivity contribution in [2.75, 3.05) is 6.61 Å². The van der Waals surface area contributed by atoms with Gasteiger partial charge in [-0.1, -0.05) is 30.3 Å². The maximum absolute atomic E-state index is 12.8. The fraction of sp³-hybridized carbons (Fsp3) is 0.417. The average molecular weight is 533 g/mol. The van der Waals surface area contributed by atoms with E-state index in [1.54, 1.807) is 30.3 Å². The van der Waals surface area contributed by atoms with E-state index in [1.807, 2.05) is 0 Å². The normalized spacial score (nSPS) is 22.6. The van der Waals surface area contributed by atoms with E-state index in [9.17, 15) is 28.8 Å². The monoisotopic (exact) mass is 533 g/mol. The Hall–Kier alpha value is -4.46. The molecule has 2 heterocycles. The second kappa shape index (κ2) is 12.7. The van der Waals surface area contributed by atoms with E-state index >= 15 is 0 Å². The van der Waals surface area contributed by atoms with Gasteiger partial charge in [-0.2, -0.15) is 0 Å². The number of nitrogens with zero attached hydrogens (tertiary/aromatic N) is 1. The molecule has 5 unspecified atom stereocenters. The van der Waals surface area contributed by atoms with E-state index in [1.165, 1.54) is 0 Å². The molecular weight excluding hydrogens is 506 g/mol. The summed E-state index contributed by atoms with van der Waals surface area (Å²) >= 11 is 0. The van der Waals surface area contributed by atoms with Crippen LogP contribution in [0.4, 0.5) is 4.79 Å². The van der Waals surface area contributed by atoms with Crippen LogP contribution in [-0.4, -0.2) is 64.5 Å². The molecule has 0 bridgehead atoms. The van der Waals surface area contributed by atoms with Gasteiger partial charge in [0.1, 0.15) is 25.4 Å². The van der Waals surface area contributed by atoms with Gasteiger partial charge in [-0.3, -0.25) is 28.7 Å². The molecule has 2 N–H and O–H groups in total. The van der Waals surface area contributed by atoms with Crippen molar-refractivity contribution >= 4 is 24.0 Å². The molecular formula is C24H27N3O11. The van der Waals surface area contributed by atoms with Gasteiger partial charge in [-0.05, 0) is 5.56 Å². The predicted molar refractivity (Wildman–Crippen MR) is 127 cm³/mol. The van der Waals surface area contributed by atoms with E-state index < -0.39 is 72.4 Å². The number of aromatic nitrogens is 2. The van der Waals surface area contributed by atoms with Crippen LogP contribution < -0.4 is 16.6 Å². The van der Waals surface area contributed by atoms with Crippen LogP contribution in [0.15, 0.2) is 52.2 Å². The summed E-state index contributed by atoms with van der Waals surface area (Å²) in [4.78, 5) is 74.6. The smallest absolute Gasteiger partial charge is 0.407 e. The van der Waals surface area contributed by atoms with Crippen molar-refractivity contribution in [1.29, 1.82) is 0 Å². The van der Waals surface area contributed by atoms with Gasteiger partial charge in [-0.25, -0.2) is 9.59 Å². The second-order valence-electron chi connectivity index (χ2n) is 8.27. The second-order valence-corrected chi connectivity index (χ2v) is 8.27. The first-order valence-electron chi connectivity index (χ1n) is 11.5. The van der Waals surface area contributed by atoms with Crippen LogP contribution in [0.5, 0.6) is 0 Å². The molecule has 3 rings (SSSR count). The van der Waals surface area contributed by atoms with E-state index in [0.29, 0.717) is 5.56 Å². The Kier molecular flexibility index (Phi) is 9.38. The number of amides is 1. The van der Waals surface area contributed by atoms with Gasteiger partial charge in [0.05, 0.1) is 0 Å². The number of benzene rings is 1. The number of hydrogen-bond acceptors (Lipinski definition) is 11. The SMILES string of the molecule is CC(=O)OCC1OC(n2ccc(=O)[nH]c2=O)C(NC(=O)OCc2ccccc2)C(OC(C)=O)C1OC(C)=O. The Morgan fingerprint density at radius 2 is 1.58 bits per heavy atom. The standard InChI is InChI=1S/C24H27N3O11/c1-13(28)34-12-17-20(36-14(2)29)21(37-15(3)30)19(22(38-17)27-10-9-18(31)25-23(27)32)26-24(33)35-11-16-7-5-4-6-8-16/h4-10,17,19-22H,11-12H2,1-3H3,(H,26,33)(H,25,31,32). The summed E-state index contributed by atoms with van der Waals surface area (Å²) < 4.78 is 28.0. The molecule has 0 saturated carbocycles. The quantitative estimate of drug-likeness (QED) is 0.348. The van der Waals surface area contributed by atoms with Gasteiger partial charge < -0.3 is 29.0 Å². The molecule has 0 radical (unpaired) electrons. The summed E-state index contributed by atoms with van der Waals surface area (Å²) in [6.45, 7) is 2.77. The Bertz CT molecular complexity index is 1270. The van der Waals surface area contributed by atoms with Crippen molar-refractivity contribution in [2.24, 2.45) is 0 Å². The van der Waals surface area contributed by atoms with Gasteiger partial charge in [0.25, 0.3) is 5.56 Å². The molecule has 5 atom stereocenters. The van der Waals surface area contributed by atoms with Crippen molar-refractivity contribution < 1.29 is 42.9 Å². The molecule has 1 aliphatic heterocycles. The van der Waals surface area contributed by atoms with Crippen molar-refractivity contribution in [3.05, 3.63) is 69.0 Å². The largest absolute Gasteiger partial charge is 0.463 e. The lowest BCUT2D eigenvalue weighted by atomic mass is 9.95. The summed E-state index contributed by atoms with van der Waals surface area (Å²) in [5.41, 5.74) is -0.919. The minimum absolute atomic E-state index is 0.107. The maximum atomic E-state index is 12.8. The number of alkyl carbamates (subject to hydrolysis) is 1. The lowest BCUT2D eigenvalue weighted by Gasteiger charge is -2.45. The number of nitrogens with one attached hydrogen (secondary N) is 2. The molecule has 1 aliphatic rings. The average Bonchev–Trinajstić information content (AvgIpc) is 2.84. The lowest BCUT2D eigenvalue weighted by molar-refractivity contribution is -0.237. The van der Waals surface area contributed by atoms with Crippen LogP contribution in [0.25, 0.3) is 0 Å². The fourth-order valence-corrected chi connectivity index (χ4v) is 3.84. The van der Waals surface area contributed by atoms with Crippen molar-refractivity contribution in [1.82, 2.24) is 14.9 Å². The third-order valence-electron chi connectivity index (χ3n) is 5.34. The summed E-state index contributed by atoms with van der Waals surface area (Å²) in [6.07, 6.45) is -5.34. The maximum Gasteiger partial charge on any atom is 0.407 e. The molecule has 14 nitrogen and oxygen atoms in total. The first kappa shape index (κ1) is 28.1. The summed E-state index contributed by atoms with van der Waals surface area (Å²) in [5, 5.41) is 2.51. The molecule has 1 aromatic heterocycles. The van der Waals surface area contributed by atoms with Gasteiger partial charge in [0.15, 0.2) is 18.4 Å². The molecule has 14 heteroatoms. The van der Waals surface area contributed by atoms with Crippen LogP contribution in [0.2, 0.25) is 0 Å². The van der Waals surface area contributed by atoms with Crippen LogP contribution in [0, 0.1) is 0 Å². The van der Waals surface area contributed by atoms with E-state index in [2.05, 4.69) is 10.3 Å². The number of aromatic amines is 1. The molecule has 1 aromatic carbocycles. The van der Waals surface area contributed by atoms with Gasteiger partial charge in [-0.15, -0.1) is 0 Å².